The first-order chi connectivity index (χ1) is 9.51. The first-order valence-corrected chi connectivity index (χ1v) is 7.30. The lowest BCUT2D eigenvalue weighted by molar-refractivity contribution is -0.119. The molecule has 0 saturated carbocycles. The molecule has 1 atom stereocenters. The number of carbonyl (C=O) groups excluding carboxylic acids is 1. The van der Waals surface area contributed by atoms with Crippen LogP contribution in [0.15, 0.2) is 18.2 Å². The van der Waals surface area contributed by atoms with Gasteiger partial charge in [-0.3, -0.25) is 4.79 Å². The second-order valence-electron chi connectivity index (χ2n) is 6.00. The van der Waals surface area contributed by atoms with Crippen molar-refractivity contribution < 1.29 is 9.18 Å². The van der Waals surface area contributed by atoms with Crippen LogP contribution in [0.3, 0.4) is 0 Å². The van der Waals surface area contributed by atoms with Crippen molar-refractivity contribution in [1.29, 1.82) is 0 Å². The van der Waals surface area contributed by atoms with Crippen LogP contribution >= 0.6 is 0 Å². The highest BCUT2D eigenvalue weighted by Gasteiger charge is 2.26. The van der Waals surface area contributed by atoms with Crippen molar-refractivity contribution in [3.63, 3.8) is 0 Å². The largest absolute Gasteiger partial charge is 0.330 e. The van der Waals surface area contributed by atoms with E-state index in [1.54, 1.807) is 11.0 Å². The van der Waals surface area contributed by atoms with Crippen molar-refractivity contribution in [3.8, 4) is 0 Å². The number of carbonyl (C=O) groups is 1. The van der Waals surface area contributed by atoms with Crippen LogP contribution in [0, 0.1) is 17.7 Å². The normalized spacial score (nSPS) is 15.6. The van der Waals surface area contributed by atoms with E-state index in [0.29, 0.717) is 25.4 Å². The second-order valence-corrected chi connectivity index (χ2v) is 6.00. The fraction of sp³-hybridized carbons (Fsp3) is 0.562. The van der Waals surface area contributed by atoms with Gasteiger partial charge in [-0.25, -0.2) is 4.39 Å². The van der Waals surface area contributed by atoms with Gasteiger partial charge in [0.1, 0.15) is 5.82 Å². The van der Waals surface area contributed by atoms with Gasteiger partial charge >= 0.3 is 0 Å². The van der Waals surface area contributed by atoms with Crippen LogP contribution in [-0.4, -0.2) is 19.0 Å². The Morgan fingerprint density at radius 1 is 1.45 bits per heavy atom. The molecule has 0 fully saturated rings. The van der Waals surface area contributed by atoms with E-state index in [2.05, 4.69) is 13.8 Å². The fourth-order valence-corrected chi connectivity index (χ4v) is 2.90. The van der Waals surface area contributed by atoms with Crippen molar-refractivity contribution >= 4 is 11.6 Å². The summed E-state index contributed by atoms with van der Waals surface area (Å²) in [6.07, 6.45) is 2.20. The molecule has 0 aromatic heterocycles. The molecule has 0 saturated heterocycles. The van der Waals surface area contributed by atoms with Crippen LogP contribution < -0.4 is 10.6 Å². The molecule has 2 rings (SSSR count). The van der Waals surface area contributed by atoms with Crippen LogP contribution in [0.25, 0.3) is 0 Å². The summed E-state index contributed by atoms with van der Waals surface area (Å²) in [5.41, 5.74) is 7.54. The molecule has 1 unspecified atom stereocenters. The molecule has 1 aromatic carbocycles. The SMILES string of the molecule is CC(C)CC(CN)CC(=O)N1CCc2ccc(F)cc21. The zero-order valence-electron chi connectivity index (χ0n) is 12.2. The van der Waals surface area contributed by atoms with Gasteiger partial charge in [0, 0.05) is 18.7 Å². The van der Waals surface area contributed by atoms with E-state index in [1.807, 2.05) is 0 Å². The maximum Gasteiger partial charge on any atom is 0.227 e. The maximum absolute atomic E-state index is 13.3. The molecule has 1 amide bonds. The van der Waals surface area contributed by atoms with Crippen LogP contribution in [0.5, 0.6) is 0 Å². The molecule has 1 heterocycles. The third-order valence-corrected chi connectivity index (χ3v) is 3.85. The Bertz CT molecular complexity index is 487. The number of rotatable bonds is 5. The summed E-state index contributed by atoms with van der Waals surface area (Å²) in [7, 11) is 0. The smallest absolute Gasteiger partial charge is 0.227 e. The molecule has 2 N–H and O–H groups in total. The molecule has 20 heavy (non-hydrogen) atoms. The molecule has 4 heteroatoms. The Labute approximate surface area is 120 Å². The Morgan fingerprint density at radius 2 is 2.20 bits per heavy atom. The van der Waals surface area contributed by atoms with E-state index in [0.717, 1.165) is 24.1 Å². The minimum absolute atomic E-state index is 0.0606. The molecule has 1 aliphatic heterocycles. The topological polar surface area (TPSA) is 46.3 Å². The lowest BCUT2D eigenvalue weighted by atomic mass is 9.94. The maximum atomic E-state index is 13.3. The first-order valence-electron chi connectivity index (χ1n) is 7.30. The molecule has 3 nitrogen and oxygen atoms in total. The molecular formula is C16H23FN2O. The lowest BCUT2D eigenvalue weighted by Crippen LogP contribution is -2.32. The summed E-state index contributed by atoms with van der Waals surface area (Å²) in [5.74, 6) is 0.506. The molecule has 0 aliphatic carbocycles. The Balaban J connectivity index is 2.06. The van der Waals surface area contributed by atoms with E-state index in [4.69, 9.17) is 5.73 Å². The van der Waals surface area contributed by atoms with Gasteiger partial charge in [0.15, 0.2) is 0 Å². The molecule has 1 aromatic rings. The van der Waals surface area contributed by atoms with E-state index < -0.39 is 0 Å². The highest BCUT2D eigenvalue weighted by atomic mass is 19.1. The quantitative estimate of drug-likeness (QED) is 0.900. The predicted octanol–water partition coefficient (Wildman–Crippen LogP) is 2.73. The van der Waals surface area contributed by atoms with Crippen LogP contribution in [0.1, 0.15) is 32.3 Å². The zero-order chi connectivity index (χ0) is 14.7. The van der Waals surface area contributed by atoms with Crippen LogP contribution in [0.2, 0.25) is 0 Å². The summed E-state index contributed by atoms with van der Waals surface area (Å²) >= 11 is 0. The summed E-state index contributed by atoms with van der Waals surface area (Å²) in [5, 5.41) is 0. The predicted molar refractivity (Wildman–Crippen MR) is 79.1 cm³/mol. The van der Waals surface area contributed by atoms with Gasteiger partial charge < -0.3 is 10.6 Å². The van der Waals surface area contributed by atoms with Gasteiger partial charge in [-0.15, -0.1) is 0 Å². The minimum Gasteiger partial charge on any atom is -0.330 e. The van der Waals surface area contributed by atoms with Crippen molar-refractivity contribution in [1.82, 2.24) is 0 Å². The second kappa shape index (κ2) is 6.35. The van der Waals surface area contributed by atoms with Gasteiger partial charge in [0.25, 0.3) is 0 Å². The summed E-state index contributed by atoms with van der Waals surface area (Å²) < 4.78 is 13.3. The number of hydrogen-bond donors (Lipinski definition) is 1. The molecule has 0 radical (unpaired) electrons. The van der Waals surface area contributed by atoms with Gasteiger partial charge in [-0.05, 0) is 48.9 Å². The molecule has 0 spiro atoms. The van der Waals surface area contributed by atoms with E-state index in [1.165, 1.54) is 12.1 Å². The zero-order valence-corrected chi connectivity index (χ0v) is 12.2. The third kappa shape index (κ3) is 3.37. The summed E-state index contributed by atoms with van der Waals surface area (Å²) in [6.45, 7) is 5.44. The van der Waals surface area contributed by atoms with Gasteiger partial charge in [0.05, 0.1) is 0 Å². The number of halogens is 1. The average molecular weight is 278 g/mol. The van der Waals surface area contributed by atoms with Crippen molar-refractivity contribution in [2.24, 2.45) is 17.6 Å². The van der Waals surface area contributed by atoms with Gasteiger partial charge in [0.2, 0.25) is 5.91 Å². The summed E-state index contributed by atoms with van der Waals surface area (Å²) in [4.78, 5) is 14.1. The number of benzene rings is 1. The van der Waals surface area contributed by atoms with Gasteiger partial charge in [-0.2, -0.15) is 0 Å². The third-order valence-electron chi connectivity index (χ3n) is 3.85. The Morgan fingerprint density at radius 3 is 2.85 bits per heavy atom. The number of amides is 1. The van der Waals surface area contributed by atoms with E-state index in [-0.39, 0.29) is 17.6 Å². The van der Waals surface area contributed by atoms with Crippen molar-refractivity contribution in [3.05, 3.63) is 29.6 Å². The highest BCUT2D eigenvalue weighted by Crippen LogP contribution is 2.30. The summed E-state index contributed by atoms with van der Waals surface area (Å²) in [6, 6.07) is 4.68. The lowest BCUT2D eigenvalue weighted by Gasteiger charge is -2.22. The van der Waals surface area contributed by atoms with Crippen LogP contribution in [-0.2, 0) is 11.2 Å². The Kier molecular flexibility index (Phi) is 4.76. The van der Waals surface area contributed by atoms with Gasteiger partial charge in [-0.1, -0.05) is 19.9 Å². The minimum atomic E-state index is -0.291. The van der Waals surface area contributed by atoms with Crippen molar-refractivity contribution in [2.75, 3.05) is 18.0 Å². The van der Waals surface area contributed by atoms with E-state index >= 15 is 0 Å². The van der Waals surface area contributed by atoms with Crippen molar-refractivity contribution in [2.45, 2.75) is 33.1 Å². The highest BCUT2D eigenvalue weighted by molar-refractivity contribution is 5.95. The standard InChI is InChI=1S/C16H23FN2O/c1-11(2)7-12(10-18)8-16(20)19-6-5-13-3-4-14(17)9-15(13)19/h3-4,9,11-12H,5-8,10,18H2,1-2H3. The number of nitrogens with zero attached hydrogens (tertiary/aromatic N) is 1. The van der Waals surface area contributed by atoms with E-state index in [9.17, 15) is 9.18 Å². The van der Waals surface area contributed by atoms with Crippen LogP contribution in [0.4, 0.5) is 10.1 Å². The monoisotopic (exact) mass is 278 g/mol. The molecule has 0 bridgehead atoms. The number of fused-ring (bicyclic) bond motifs is 1. The first kappa shape index (κ1) is 15.0. The average Bonchev–Trinajstić information content (AvgIpc) is 2.80. The number of anilines is 1. The Hall–Kier alpha value is -1.42. The number of hydrogen-bond acceptors (Lipinski definition) is 2. The number of nitrogens with two attached hydrogens (primary N) is 1. The molecule has 110 valence electrons. The fourth-order valence-electron chi connectivity index (χ4n) is 2.90. The molecular weight excluding hydrogens is 255 g/mol. The molecule has 1 aliphatic rings.